The standard InChI is InChI=1S/C21H20BrClN2O4/c1-4-28-16-11-13(17(22)18(23)19(16)29-12(2)3)10-15-20(26)24-25(21(15)27)14-8-6-5-7-9-14/h5-12H,4H2,1-3H3,(H,24,26). The first-order chi connectivity index (χ1) is 13.8. The van der Waals surface area contributed by atoms with Crippen LogP contribution >= 0.6 is 27.5 Å². The summed E-state index contributed by atoms with van der Waals surface area (Å²) in [4.78, 5) is 25.3. The van der Waals surface area contributed by atoms with E-state index in [0.29, 0.717) is 38.9 Å². The number of amides is 2. The topological polar surface area (TPSA) is 67.9 Å². The predicted molar refractivity (Wildman–Crippen MR) is 116 cm³/mol. The summed E-state index contributed by atoms with van der Waals surface area (Å²) in [6.07, 6.45) is 1.38. The molecule has 1 saturated heterocycles. The van der Waals surface area contributed by atoms with Gasteiger partial charge < -0.3 is 9.47 Å². The van der Waals surface area contributed by atoms with E-state index in [0.717, 1.165) is 0 Å². The molecule has 1 aliphatic heterocycles. The van der Waals surface area contributed by atoms with E-state index in [9.17, 15) is 9.59 Å². The largest absolute Gasteiger partial charge is 0.490 e. The summed E-state index contributed by atoms with van der Waals surface area (Å²) in [5.74, 6) is -0.107. The number of carbonyl (C=O) groups is 2. The van der Waals surface area contributed by atoms with Crippen molar-refractivity contribution in [2.24, 2.45) is 0 Å². The summed E-state index contributed by atoms with van der Waals surface area (Å²) in [5.41, 5.74) is 3.67. The Morgan fingerprint density at radius 2 is 1.93 bits per heavy atom. The van der Waals surface area contributed by atoms with Gasteiger partial charge in [0.25, 0.3) is 11.8 Å². The summed E-state index contributed by atoms with van der Waals surface area (Å²) in [7, 11) is 0. The number of benzene rings is 2. The van der Waals surface area contributed by atoms with Crippen molar-refractivity contribution in [3.05, 3.63) is 57.0 Å². The molecule has 2 aromatic rings. The third kappa shape index (κ3) is 4.41. The van der Waals surface area contributed by atoms with Crippen molar-refractivity contribution in [1.29, 1.82) is 0 Å². The Balaban J connectivity index is 2.03. The van der Waals surface area contributed by atoms with Crippen LogP contribution in [-0.2, 0) is 9.59 Å². The van der Waals surface area contributed by atoms with Gasteiger partial charge in [-0.2, -0.15) is 0 Å². The van der Waals surface area contributed by atoms with Gasteiger partial charge in [0, 0.05) is 4.47 Å². The summed E-state index contributed by atoms with van der Waals surface area (Å²) < 4.78 is 12.0. The minimum absolute atomic E-state index is 0.00871. The lowest BCUT2D eigenvalue weighted by atomic mass is 10.1. The normalized spacial score (nSPS) is 15.2. The molecule has 1 fully saturated rings. The molecule has 0 aliphatic carbocycles. The molecule has 2 amide bonds. The van der Waals surface area contributed by atoms with Crippen LogP contribution in [0.3, 0.4) is 0 Å². The van der Waals surface area contributed by atoms with E-state index >= 15 is 0 Å². The van der Waals surface area contributed by atoms with Gasteiger partial charge in [0.2, 0.25) is 0 Å². The fourth-order valence-corrected chi connectivity index (χ4v) is 3.45. The van der Waals surface area contributed by atoms with Crippen molar-refractivity contribution < 1.29 is 19.1 Å². The molecule has 152 valence electrons. The lowest BCUT2D eigenvalue weighted by Crippen LogP contribution is -2.35. The summed E-state index contributed by atoms with van der Waals surface area (Å²) in [5, 5.41) is 1.52. The molecule has 1 heterocycles. The fraction of sp³-hybridized carbons (Fsp3) is 0.238. The molecular weight excluding hydrogens is 460 g/mol. The molecular formula is C21H20BrClN2O4. The number of nitrogens with zero attached hydrogens (tertiary/aromatic N) is 1. The molecule has 29 heavy (non-hydrogen) atoms. The van der Waals surface area contributed by atoms with Gasteiger partial charge in [0.15, 0.2) is 11.5 Å². The number of hydrogen-bond donors (Lipinski definition) is 1. The third-order valence-electron chi connectivity index (χ3n) is 4.01. The summed E-state index contributed by atoms with van der Waals surface area (Å²) >= 11 is 9.93. The van der Waals surface area contributed by atoms with E-state index in [1.54, 1.807) is 30.3 Å². The van der Waals surface area contributed by atoms with Gasteiger partial charge in [-0.1, -0.05) is 29.8 Å². The molecule has 8 heteroatoms. The van der Waals surface area contributed by atoms with E-state index in [1.807, 2.05) is 26.8 Å². The van der Waals surface area contributed by atoms with Gasteiger partial charge in [0.05, 0.1) is 18.4 Å². The first-order valence-electron chi connectivity index (χ1n) is 9.07. The Hall–Kier alpha value is -2.51. The van der Waals surface area contributed by atoms with Gasteiger partial charge in [0.1, 0.15) is 10.6 Å². The number of hydrogen-bond acceptors (Lipinski definition) is 4. The summed E-state index contributed by atoms with van der Waals surface area (Å²) in [6.45, 7) is 6.02. The van der Waals surface area contributed by atoms with E-state index in [-0.39, 0.29) is 11.7 Å². The highest BCUT2D eigenvalue weighted by molar-refractivity contribution is 9.10. The number of hydrazine groups is 1. The van der Waals surface area contributed by atoms with Crippen molar-refractivity contribution >= 4 is 51.1 Å². The number of para-hydroxylation sites is 1. The van der Waals surface area contributed by atoms with Crippen molar-refractivity contribution in [3.63, 3.8) is 0 Å². The minimum Gasteiger partial charge on any atom is -0.490 e. The van der Waals surface area contributed by atoms with Crippen LogP contribution in [0.5, 0.6) is 11.5 Å². The molecule has 0 saturated carbocycles. The smallest absolute Gasteiger partial charge is 0.282 e. The zero-order valence-electron chi connectivity index (χ0n) is 16.2. The number of nitrogens with one attached hydrogen (secondary N) is 1. The Bertz CT molecular complexity index is 976. The predicted octanol–water partition coefficient (Wildman–Crippen LogP) is 4.75. The maximum absolute atomic E-state index is 12.8. The van der Waals surface area contributed by atoms with Gasteiger partial charge in [-0.25, -0.2) is 5.01 Å². The van der Waals surface area contributed by atoms with E-state index < -0.39 is 11.8 Å². The average molecular weight is 480 g/mol. The molecule has 1 aliphatic rings. The van der Waals surface area contributed by atoms with E-state index in [2.05, 4.69) is 21.4 Å². The average Bonchev–Trinajstić information content (AvgIpc) is 2.97. The molecule has 0 bridgehead atoms. The van der Waals surface area contributed by atoms with Crippen LogP contribution in [0, 0.1) is 0 Å². The van der Waals surface area contributed by atoms with E-state index in [4.69, 9.17) is 21.1 Å². The Morgan fingerprint density at radius 3 is 2.55 bits per heavy atom. The quantitative estimate of drug-likeness (QED) is 0.480. The van der Waals surface area contributed by atoms with Gasteiger partial charge in [-0.15, -0.1) is 0 Å². The van der Waals surface area contributed by atoms with Gasteiger partial charge in [-0.3, -0.25) is 15.0 Å². The molecule has 0 aromatic heterocycles. The fourth-order valence-electron chi connectivity index (χ4n) is 2.79. The molecule has 2 aromatic carbocycles. The van der Waals surface area contributed by atoms with Crippen LogP contribution in [0.2, 0.25) is 5.02 Å². The molecule has 0 spiro atoms. The second kappa shape index (κ2) is 8.88. The van der Waals surface area contributed by atoms with Crippen molar-refractivity contribution in [1.82, 2.24) is 5.43 Å². The Kier molecular flexibility index (Phi) is 6.49. The lowest BCUT2D eigenvalue weighted by Gasteiger charge is -2.18. The molecule has 3 rings (SSSR count). The second-order valence-corrected chi connectivity index (χ2v) is 7.67. The van der Waals surface area contributed by atoms with Crippen LogP contribution in [0.4, 0.5) is 5.69 Å². The maximum Gasteiger partial charge on any atom is 0.282 e. The first-order valence-corrected chi connectivity index (χ1v) is 10.2. The van der Waals surface area contributed by atoms with Gasteiger partial charge >= 0.3 is 0 Å². The van der Waals surface area contributed by atoms with Crippen LogP contribution in [0.25, 0.3) is 6.08 Å². The SMILES string of the molecule is CCOc1cc(C=C2C(=O)NN(c3ccccc3)C2=O)c(Br)c(Cl)c1OC(C)C. The minimum atomic E-state index is -0.498. The number of halogens is 2. The molecule has 0 unspecified atom stereocenters. The van der Waals surface area contributed by atoms with Crippen molar-refractivity contribution in [2.75, 3.05) is 11.6 Å². The molecule has 0 atom stereocenters. The van der Waals surface area contributed by atoms with Crippen LogP contribution in [0.1, 0.15) is 26.3 Å². The second-order valence-electron chi connectivity index (χ2n) is 6.50. The van der Waals surface area contributed by atoms with Crippen molar-refractivity contribution in [2.45, 2.75) is 26.9 Å². The number of rotatable bonds is 6. The van der Waals surface area contributed by atoms with Crippen LogP contribution in [0.15, 0.2) is 46.4 Å². The molecule has 1 N–H and O–H groups in total. The zero-order valence-corrected chi connectivity index (χ0v) is 18.5. The highest BCUT2D eigenvalue weighted by Crippen LogP contribution is 2.44. The van der Waals surface area contributed by atoms with Crippen LogP contribution in [-0.4, -0.2) is 24.5 Å². The highest BCUT2D eigenvalue weighted by atomic mass is 79.9. The lowest BCUT2D eigenvalue weighted by molar-refractivity contribution is -0.117. The molecule has 0 radical (unpaired) electrons. The highest BCUT2D eigenvalue weighted by Gasteiger charge is 2.34. The first kappa shape index (κ1) is 21.2. The van der Waals surface area contributed by atoms with Crippen molar-refractivity contribution in [3.8, 4) is 11.5 Å². The van der Waals surface area contributed by atoms with Gasteiger partial charge in [-0.05, 0) is 66.5 Å². The number of anilines is 1. The maximum atomic E-state index is 12.8. The Morgan fingerprint density at radius 1 is 1.24 bits per heavy atom. The third-order valence-corrected chi connectivity index (χ3v) is 5.46. The number of carbonyl (C=O) groups excluding carboxylic acids is 2. The molecule has 6 nitrogen and oxygen atoms in total. The number of ether oxygens (including phenoxy) is 2. The monoisotopic (exact) mass is 478 g/mol. The Labute approximate surface area is 182 Å². The summed E-state index contributed by atoms with van der Waals surface area (Å²) in [6, 6.07) is 10.6. The zero-order chi connectivity index (χ0) is 21.1. The van der Waals surface area contributed by atoms with E-state index in [1.165, 1.54) is 11.1 Å². The van der Waals surface area contributed by atoms with Crippen LogP contribution < -0.4 is 19.9 Å².